The molecular weight excluding hydrogens is 332 g/mol. The van der Waals surface area contributed by atoms with Crippen molar-refractivity contribution in [2.75, 3.05) is 33.4 Å². The maximum absolute atomic E-state index is 12.9. The van der Waals surface area contributed by atoms with Crippen molar-refractivity contribution in [2.45, 2.75) is 26.3 Å². The zero-order valence-corrected chi connectivity index (χ0v) is 15.6. The summed E-state index contributed by atoms with van der Waals surface area (Å²) < 4.78 is 12.9. The average molecular weight is 358 g/mol. The third-order valence-corrected chi connectivity index (χ3v) is 4.63. The lowest BCUT2D eigenvalue weighted by atomic mass is 10.1. The fourth-order valence-corrected chi connectivity index (χ4v) is 3.41. The van der Waals surface area contributed by atoms with Gasteiger partial charge in [0.15, 0.2) is 11.5 Å². The Kier molecular flexibility index (Phi) is 5.46. The fourth-order valence-electron chi connectivity index (χ4n) is 3.41. The molecule has 1 aliphatic heterocycles. The number of rotatable bonds is 6. The Balaban J connectivity index is 1.72. The van der Waals surface area contributed by atoms with Gasteiger partial charge in [-0.05, 0) is 44.5 Å². The Morgan fingerprint density at radius 2 is 2.12 bits per heavy atom. The molecule has 0 radical (unpaired) electrons. The zero-order chi connectivity index (χ0) is 18.7. The van der Waals surface area contributed by atoms with Gasteiger partial charge in [-0.2, -0.15) is 5.10 Å². The molecule has 2 N–H and O–H groups in total. The summed E-state index contributed by atoms with van der Waals surface area (Å²) in [5.74, 6) is 1.13. The van der Waals surface area contributed by atoms with Gasteiger partial charge < -0.3 is 20.1 Å². The van der Waals surface area contributed by atoms with Gasteiger partial charge in [-0.3, -0.25) is 9.48 Å². The van der Waals surface area contributed by atoms with E-state index in [0.717, 1.165) is 24.4 Å². The second kappa shape index (κ2) is 7.78. The van der Waals surface area contributed by atoms with Crippen molar-refractivity contribution in [1.29, 1.82) is 0 Å². The van der Waals surface area contributed by atoms with Gasteiger partial charge in [-0.1, -0.05) is 0 Å². The predicted molar refractivity (Wildman–Crippen MR) is 98.8 cm³/mol. The molecule has 7 heteroatoms. The minimum absolute atomic E-state index is 0.00212. The minimum atomic E-state index is -0.00212. The number of nitrogens with zero attached hydrogens (tertiary/aromatic N) is 3. The molecule has 1 unspecified atom stereocenters. The maximum atomic E-state index is 12.9. The number of nitrogens with two attached hydrogens (primary N) is 1. The van der Waals surface area contributed by atoms with Gasteiger partial charge in [0.05, 0.1) is 18.8 Å². The number of carbonyl (C=O) groups is 1. The normalized spacial score (nSPS) is 16.8. The van der Waals surface area contributed by atoms with Crippen LogP contribution in [0, 0.1) is 13.8 Å². The molecule has 0 aliphatic carbocycles. The summed E-state index contributed by atoms with van der Waals surface area (Å²) in [6, 6.07) is 7.55. The second-order valence-corrected chi connectivity index (χ2v) is 6.57. The molecular formula is C19H26N4O3. The first-order valence-corrected chi connectivity index (χ1v) is 8.86. The Morgan fingerprint density at radius 1 is 1.31 bits per heavy atom. The summed E-state index contributed by atoms with van der Waals surface area (Å²) in [6.07, 6.45) is 0.905. The van der Waals surface area contributed by atoms with E-state index in [0.29, 0.717) is 36.8 Å². The fraction of sp³-hybridized carbons (Fsp3) is 0.474. The number of likely N-dealkylation sites (tertiary alicyclic amines) is 1. The zero-order valence-electron chi connectivity index (χ0n) is 15.6. The van der Waals surface area contributed by atoms with Crippen molar-refractivity contribution in [1.82, 2.24) is 14.7 Å². The topological polar surface area (TPSA) is 82.6 Å². The van der Waals surface area contributed by atoms with Crippen LogP contribution in [0.3, 0.4) is 0 Å². The number of amides is 1. The van der Waals surface area contributed by atoms with E-state index in [4.69, 9.17) is 15.2 Å². The summed E-state index contributed by atoms with van der Waals surface area (Å²) >= 11 is 0. The van der Waals surface area contributed by atoms with Crippen molar-refractivity contribution in [2.24, 2.45) is 5.73 Å². The van der Waals surface area contributed by atoms with Gasteiger partial charge in [0, 0.05) is 30.9 Å². The molecule has 2 heterocycles. The van der Waals surface area contributed by atoms with E-state index in [1.54, 1.807) is 25.3 Å². The highest BCUT2D eigenvalue weighted by atomic mass is 16.5. The Morgan fingerprint density at radius 3 is 2.77 bits per heavy atom. The van der Waals surface area contributed by atoms with Gasteiger partial charge in [0.25, 0.3) is 5.91 Å². The molecule has 1 atom stereocenters. The van der Waals surface area contributed by atoms with Crippen LogP contribution in [0.5, 0.6) is 11.5 Å². The van der Waals surface area contributed by atoms with E-state index in [9.17, 15) is 4.79 Å². The number of hydrogen-bond donors (Lipinski definition) is 1. The summed E-state index contributed by atoms with van der Waals surface area (Å²) in [7, 11) is 1.56. The highest BCUT2D eigenvalue weighted by Crippen LogP contribution is 2.30. The van der Waals surface area contributed by atoms with Gasteiger partial charge in [0.2, 0.25) is 0 Å². The van der Waals surface area contributed by atoms with Gasteiger partial charge in [0.1, 0.15) is 6.61 Å². The van der Waals surface area contributed by atoms with E-state index in [1.165, 1.54) is 0 Å². The van der Waals surface area contributed by atoms with Crippen molar-refractivity contribution in [3.8, 4) is 11.5 Å². The summed E-state index contributed by atoms with van der Waals surface area (Å²) in [4.78, 5) is 14.8. The quantitative estimate of drug-likeness (QED) is 0.853. The third-order valence-electron chi connectivity index (χ3n) is 4.63. The van der Waals surface area contributed by atoms with Gasteiger partial charge >= 0.3 is 0 Å². The van der Waals surface area contributed by atoms with E-state index < -0.39 is 0 Å². The van der Waals surface area contributed by atoms with Crippen LogP contribution in [0.2, 0.25) is 0 Å². The predicted octanol–water partition coefficient (Wildman–Crippen LogP) is 1.93. The van der Waals surface area contributed by atoms with Crippen LogP contribution in [0.1, 0.15) is 34.2 Å². The molecule has 0 spiro atoms. The van der Waals surface area contributed by atoms with Gasteiger partial charge in [-0.25, -0.2) is 0 Å². The number of hydrogen-bond acceptors (Lipinski definition) is 5. The Bertz CT molecular complexity index is 787. The van der Waals surface area contributed by atoms with Crippen LogP contribution < -0.4 is 15.2 Å². The molecule has 1 amide bonds. The SMILES string of the molecule is COc1cc(C(=O)N2CCC(n3nc(C)cc3C)C2)ccc1OCCN. The molecule has 2 aromatic rings. The van der Waals surface area contributed by atoms with Crippen molar-refractivity contribution < 1.29 is 14.3 Å². The molecule has 1 aliphatic rings. The summed E-state index contributed by atoms with van der Waals surface area (Å²) in [6.45, 7) is 6.24. The first-order valence-electron chi connectivity index (χ1n) is 8.86. The molecule has 1 fully saturated rings. The van der Waals surface area contributed by atoms with Crippen LogP contribution in [0.15, 0.2) is 24.3 Å². The molecule has 26 heavy (non-hydrogen) atoms. The lowest BCUT2D eigenvalue weighted by Crippen LogP contribution is -2.29. The molecule has 1 aromatic heterocycles. The molecule has 7 nitrogen and oxygen atoms in total. The minimum Gasteiger partial charge on any atom is -0.493 e. The average Bonchev–Trinajstić information content (AvgIpc) is 3.25. The lowest BCUT2D eigenvalue weighted by molar-refractivity contribution is 0.0786. The number of carbonyl (C=O) groups excluding carboxylic acids is 1. The summed E-state index contributed by atoms with van der Waals surface area (Å²) in [5, 5.41) is 4.56. The van der Waals surface area contributed by atoms with Gasteiger partial charge in [-0.15, -0.1) is 0 Å². The van der Waals surface area contributed by atoms with E-state index in [2.05, 4.69) is 18.1 Å². The molecule has 1 aromatic carbocycles. The number of aromatic nitrogens is 2. The van der Waals surface area contributed by atoms with Crippen molar-refractivity contribution in [3.05, 3.63) is 41.2 Å². The summed E-state index contributed by atoms with van der Waals surface area (Å²) in [5.41, 5.74) is 8.20. The van der Waals surface area contributed by atoms with Crippen LogP contribution in [-0.4, -0.2) is 53.9 Å². The Hall–Kier alpha value is -2.54. The van der Waals surface area contributed by atoms with Crippen LogP contribution in [0.4, 0.5) is 0 Å². The van der Waals surface area contributed by atoms with E-state index in [-0.39, 0.29) is 11.9 Å². The maximum Gasteiger partial charge on any atom is 0.254 e. The molecule has 1 saturated heterocycles. The number of aryl methyl sites for hydroxylation is 2. The van der Waals surface area contributed by atoms with Crippen LogP contribution >= 0.6 is 0 Å². The highest BCUT2D eigenvalue weighted by molar-refractivity contribution is 5.95. The standard InChI is InChI=1S/C19H26N4O3/c1-13-10-14(2)23(21-13)16-6-8-22(12-16)19(24)15-4-5-17(26-9-7-20)18(11-15)25-3/h4-5,10-11,16H,6-9,12,20H2,1-3H3. The number of methoxy groups -OCH3 is 1. The lowest BCUT2D eigenvalue weighted by Gasteiger charge is -2.18. The molecule has 0 saturated carbocycles. The second-order valence-electron chi connectivity index (χ2n) is 6.57. The monoisotopic (exact) mass is 358 g/mol. The highest BCUT2D eigenvalue weighted by Gasteiger charge is 2.29. The first kappa shape index (κ1) is 18.3. The smallest absolute Gasteiger partial charge is 0.254 e. The van der Waals surface area contributed by atoms with Crippen LogP contribution in [-0.2, 0) is 0 Å². The number of ether oxygens (including phenoxy) is 2. The third kappa shape index (κ3) is 3.67. The largest absolute Gasteiger partial charge is 0.493 e. The van der Waals surface area contributed by atoms with E-state index >= 15 is 0 Å². The Labute approximate surface area is 153 Å². The van der Waals surface area contributed by atoms with Crippen LogP contribution in [0.25, 0.3) is 0 Å². The molecule has 3 rings (SSSR count). The molecule has 140 valence electrons. The van der Waals surface area contributed by atoms with E-state index in [1.807, 2.05) is 16.5 Å². The number of benzene rings is 1. The first-order chi connectivity index (χ1) is 12.5. The van der Waals surface area contributed by atoms with Crippen molar-refractivity contribution >= 4 is 5.91 Å². The molecule has 0 bridgehead atoms. The van der Waals surface area contributed by atoms with Crippen molar-refractivity contribution in [3.63, 3.8) is 0 Å².